The van der Waals surface area contributed by atoms with E-state index in [9.17, 15) is 0 Å². The van der Waals surface area contributed by atoms with Crippen LogP contribution in [-0.2, 0) is 6.54 Å². The van der Waals surface area contributed by atoms with Gasteiger partial charge in [-0.3, -0.25) is 4.90 Å². The van der Waals surface area contributed by atoms with Crippen LogP contribution in [0.5, 0.6) is 0 Å². The average Bonchev–Trinajstić information content (AvgIpc) is 3.10. The third kappa shape index (κ3) is 3.66. The van der Waals surface area contributed by atoms with Gasteiger partial charge in [0.05, 0.1) is 6.04 Å². The van der Waals surface area contributed by atoms with Crippen molar-refractivity contribution < 1.29 is 0 Å². The standard InChI is InChI=1S/C15H22N2S2/c1-3-14(16)15(12-7-9-18-11-12)17(4-2)10-13-6-5-8-19-13/h5-9,11,14-15H,3-4,10,16H2,1-2H3. The molecule has 0 aliphatic carbocycles. The van der Waals surface area contributed by atoms with Crippen molar-refractivity contribution >= 4 is 22.7 Å². The monoisotopic (exact) mass is 294 g/mol. The van der Waals surface area contributed by atoms with E-state index in [4.69, 9.17) is 5.73 Å². The predicted octanol–water partition coefficient (Wildman–Crippen LogP) is 4.11. The summed E-state index contributed by atoms with van der Waals surface area (Å²) in [7, 11) is 0. The number of rotatable bonds is 7. The highest BCUT2D eigenvalue weighted by atomic mass is 32.1. The van der Waals surface area contributed by atoms with E-state index in [1.54, 1.807) is 11.3 Å². The predicted molar refractivity (Wildman–Crippen MR) is 85.7 cm³/mol. The largest absolute Gasteiger partial charge is 0.326 e. The van der Waals surface area contributed by atoms with Crippen molar-refractivity contribution in [1.29, 1.82) is 0 Å². The number of nitrogens with two attached hydrogens (primary N) is 1. The molecule has 2 aromatic heterocycles. The lowest BCUT2D eigenvalue weighted by atomic mass is 9.98. The Morgan fingerprint density at radius 2 is 2.11 bits per heavy atom. The molecule has 2 rings (SSSR count). The summed E-state index contributed by atoms with van der Waals surface area (Å²) in [6, 6.07) is 7.04. The van der Waals surface area contributed by atoms with Crippen LogP contribution in [0.4, 0.5) is 0 Å². The second-order valence-electron chi connectivity index (χ2n) is 4.72. The van der Waals surface area contributed by atoms with Crippen molar-refractivity contribution in [3.63, 3.8) is 0 Å². The molecule has 0 amide bonds. The maximum atomic E-state index is 6.38. The Balaban J connectivity index is 2.19. The van der Waals surface area contributed by atoms with Crippen LogP contribution in [0.1, 0.15) is 36.8 Å². The van der Waals surface area contributed by atoms with E-state index in [0.717, 1.165) is 19.5 Å². The van der Waals surface area contributed by atoms with Gasteiger partial charge in [-0.1, -0.05) is 19.9 Å². The molecule has 0 radical (unpaired) electrons. The molecule has 4 heteroatoms. The summed E-state index contributed by atoms with van der Waals surface area (Å²) in [5, 5.41) is 6.52. The van der Waals surface area contributed by atoms with Crippen LogP contribution in [0.25, 0.3) is 0 Å². The second-order valence-corrected chi connectivity index (χ2v) is 6.53. The van der Waals surface area contributed by atoms with Crippen molar-refractivity contribution in [3.05, 3.63) is 44.8 Å². The van der Waals surface area contributed by atoms with Crippen molar-refractivity contribution in [2.75, 3.05) is 6.54 Å². The Bertz CT molecular complexity index is 450. The molecule has 0 spiro atoms. The maximum absolute atomic E-state index is 6.38. The molecular weight excluding hydrogens is 272 g/mol. The van der Waals surface area contributed by atoms with Gasteiger partial charge in [0.25, 0.3) is 0 Å². The quantitative estimate of drug-likeness (QED) is 0.832. The van der Waals surface area contributed by atoms with Crippen LogP contribution >= 0.6 is 22.7 Å². The molecule has 0 saturated carbocycles. The zero-order valence-electron chi connectivity index (χ0n) is 11.6. The Hall–Kier alpha value is -0.680. The highest BCUT2D eigenvalue weighted by Crippen LogP contribution is 2.29. The molecule has 2 N–H and O–H groups in total. The summed E-state index contributed by atoms with van der Waals surface area (Å²) in [5.74, 6) is 0. The fourth-order valence-corrected chi connectivity index (χ4v) is 3.82. The minimum Gasteiger partial charge on any atom is -0.326 e. The second kappa shape index (κ2) is 7.20. The SMILES string of the molecule is CCC(N)C(c1ccsc1)N(CC)Cc1cccs1. The van der Waals surface area contributed by atoms with Gasteiger partial charge in [0.1, 0.15) is 0 Å². The van der Waals surface area contributed by atoms with Crippen LogP contribution in [0.15, 0.2) is 34.3 Å². The first-order valence-electron chi connectivity index (χ1n) is 6.80. The number of likely N-dealkylation sites (N-methyl/N-ethyl adjacent to an activating group) is 1. The van der Waals surface area contributed by atoms with Crippen LogP contribution in [0, 0.1) is 0 Å². The van der Waals surface area contributed by atoms with Gasteiger partial charge < -0.3 is 5.73 Å². The lowest BCUT2D eigenvalue weighted by Gasteiger charge is -2.34. The van der Waals surface area contributed by atoms with E-state index in [-0.39, 0.29) is 6.04 Å². The average molecular weight is 294 g/mol. The fourth-order valence-electron chi connectivity index (χ4n) is 2.40. The number of hydrogen-bond acceptors (Lipinski definition) is 4. The Morgan fingerprint density at radius 1 is 1.26 bits per heavy atom. The van der Waals surface area contributed by atoms with E-state index in [0.29, 0.717) is 6.04 Å². The van der Waals surface area contributed by atoms with Gasteiger partial charge in [-0.15, -0.1) is 11.3 Å². The van der Waals surface area contributed by atoms with Crippen LogP contribution in [0.3, 0.4) is 0 Å². The molecule has 0 bridgehead atoms. The van der Waals surface area contributed by atoms with E-state index in [2.05, 4.69) is 53.1 Å². The molecule has 2 atom stereocenters. The third-order valence-corrected chi connectivity index (χ3v) is 5.06. The van der Waals surface area contributed by atoms with E-state index in [1.165, 1.54) is 10.4 Å². The van der Waals surface area contributed by atoms with Gasteiger partial charge in [0.15, 0.2) is 0 Å². The molecule has 2 nitrogen and oxygen atoms in total. The van der Waals surface area contributed by atoms with Crippen LogP contribution in [0.2, 0.25) is 0 Å². The molecule has 2 heterocycles. The van der Waals surface area contributed by atoms with E-state index in [1.807, 2.05) is 11.3 Å². The van der Waals surface area contributed by atoms with Crippen LogP contribution < -0.4 is 5.73 Å². The maximum Gasteiger partial charge on any atom is 0.0511 e. The summed E-state index contributed by atoms with van der Waals surface area (Å²) < 4.78 is 0. The smallest absolute Gasteiger partial charge is 0.0511 e. The summed E-state index contributed by atoms with van der Waals surface area (Å²) in [6.45, 7) is 6.40. The first kappa shape index (κ1) is 14.7. The van der Waals surface area contributed by atoms with Gasteiger partial charge in [-0.25, -0.2) is 0 Å². The first-order chi connectivity index (χ1) is 9.26. The Morgan fingerprint density at radius 3 is 2.63 bits per heavy atom. The normalized spacial score (nSPS) is 14.7. The molecule has 0 saturated heterocycles. The number of thiophene rings is 2. The molecule has 0 aliphatic heterocycles. The molecule has 19 heavy (non-hydrogen) atoms. The molecule has 2 aromatic rings. The third-order valence-electron chi connectivity index (χ3n) is 3.50. The molecule has 0 aromatic carbocycles. The van der Waals surface area contributed by atoms with Gasteiger partial charge >= 0.3 is 0 Å². The molecular formula is C15H22N2S2. The lowest BCUT2D eigenvalue weighted by molar-refractivity contribution is 0.171. The van der Waals surface area contributed by atoms with Crippen molar-refractivity contribution in [1.82, 2.24) is 4.90 Å². The molecule has 2 unspecified atom stereocenters. The summed E-state index contributed by atoms with van der Waals surface area (Å²) in [6.07, 6.45) is 1.00. The molecule has 104 valence electrons. The minimum absolute atomic E-state index is 0.189. The molecule has 0 aliphatic rings. The van der Waals surface area contributed by atoms with E-state index >= 15 is 0 Å². The summed E-state index contributed by atoms with van der Waals surface area (Å²) in [5.41, 5.74) is 7.74. The van der Waals surface area contributed by atoms with Crippen LogP contribution in [-0.4, -0.2) is 17.5 Å². The number of nitrogens with zero attached hydrogens (tertiary/aromatic N) is 1. The van der Waals surface area contributed by atoms with Gasteiger partial charge in [0, 0.05) is 17.5 Å². The van der Waals surface area contributed by atoms with Crippen molar-refractivity contribution in [3.8, 4) is 0 Å². The first-order valence-corrected chi connectivity index (χ1v) is 8.62. The highest BCUT2D eigenvalue weighted by Gasteiger charge is 2.25. The topological polar surface area (TPSA) is 29.3 Å². The Labute approximate surface area is 123 Å². The van der Waals surface area contributed by atoms with E-state index < -0.39 is 0 Å². The van der Waals surface area contributed by atoms with Gasteiger partial charge in [0.2, 0.25) is 0 Å². The van der Waals surface area contributed by atoms with Gasteiger partial charge in [-0.2, -0.15) is 11.3 Å². The van der Waals surface area contributed by atoms with Gasteiger partial charge in [-0.05, 0) is 46.8 Å². The molecule has 0 fully saturated rings. The highest BCUT2D eigenvalue weighted by molar-refractivity contribution is 7.09. The lowest BCUT2D eigenvalue weighted by Crippen LogP contribution is -2.40. The fraction of sp³-hybridized carbons (Fsp3) is 0.467. The van der Waals surface area contributed by atoms with Crippen molar-refractivity contribution in [2.24, 2.45) is 5.73 Å². The minimum atomic E-state index is 0.189. The summed E-state index contributed by atoms with van der Waals surface area (Å²) in [4.78, 5) is 3.90. The van der Waals surface area contributed by atoms with Crippen molar-refractivity contribution in [2.45, 2.75) is 38.9 Å². The zero-order chi connectivity index (χ0) is 13.7. The zero-order valence-corrected chi connectivity index (χ0v) is 13.2. The Kier molecular flexibility index (Phi) is 5.58. The summed E-state index contributed by atoms with van der Waals surface area (Å²) >= 11 is 3.57. The number of hydrogen-bond donors (Lipinski definition) is 1.